The first-order chi connectivity index (χ1) is 9.17. The van der Waals surface area contributed by atoms with Crippen LogP contribution in [0.2, 0.25) is 0 Å². The molecule has 0 aliphatic heterocycles. The van der Waals surface area contributed by atoms with Gasteiger partial charge in [0.15, 0.2) is 0 Å². The van der Waals surface area contributed by atoms with E-state index in [0.29, 0.717) is 0 Å². The van der Waals surface area contributed by atoms with Gasteiger partial charge in [0.2, 0.25) is 5.91 Å². The normalized spacial score (nSPS) is 14.9. The highest BCUT2D eigenvalue weighted by Crippen LogP contribution is 2.17. The summed E-state index contributed by atoms with van der Waals surface area (Å²) in [7, 11) is 0. The monoisotopic (exact) mass is 262 g/mol. The summed E-state index contributed by atoms with van der Waals surface area (Å²) in [5, 5.41) is 17.2. The van der Waals surface area contributed by atoms with Crippen molar-refractivity contribution in [3.63, 3.8) is 0 Å². The smallest absolute Gasteiger partial charge is 0.321 e. The second-order valence-electron chi connectivity index (χ2n) is 4.38. The van der Waals surface area contributed by atoms with Crippen LogP contribution in [-0.4, -0.2) is 32.7 Å². The highest BCUT2D eigenvalue weighted by molar-refractivity contribution is 5.94. The Hall–Kier alpha value is -2.43. The van der Waals surface area contributed by atoms with Gasteiger partial charge in [-0.25, -0.2) is 14.5 Å². The van der Waals surface area contributed by atoms with E-state index >= 15 is 0 Å². The second kappa shape index (κ2) is 5.95. The van der Waals surface area contributed by atoms with Crippen LogP contribution in [-0.2, 0) is 11.3 Å². The number of hydrogen-bond acceptors (Lipinski definition) is 5. The number of rotatable bonds is 3. The van der Waals surface area contributed by atoms with E-state index in [0.717, 1.165) is 25.7 Å². The topological polar surface area (TPSA) is 113 Å². The number of amides is 3. The van der Waals surface area contributed by atoms with Crippen LogP contribution in [0.5, 0.6) is 0 Å². The minimum Gasteiger partial charge on any atom is -0.335 e. The van der Waals surface area contributed by atoms with Crippen LogP contribution in [0.25, 0.3) is 0 Å². The summed E-state index contributed by atoms with van der Waals surface area (Å²) < 4.78 is 1.21. The van der Waals surface area contributed by atoms with Crippen LogP contribution >= 0.6 is 0 Å². The van der Waals surface area contributed by atoms with E-state index in [-0.39, 0.29) is 18.4 Å². The van der Waals surface area contributed by atoms with Gasteiger partial charge in [0.05, 0.1) is 0 Å². The molecule has 1 fully saturated rings. The third-order valence-corrected chi connectivity index (χ3v) is 2.89. The van der Waals surface area contributed by atoms with Gasteiger partial charge in [0, 0.05) is 6.04 Å². The minimum atomic E-state index is -0.495. The first-order valence-corrected chi connectivity index (χ1v) is 6.07. The lowest BCUT2D eigenvalue weighted by molar-refractivity contribution is -0.120. The first-order valence-electron chi connectivity index (χ1n) is 6.07. The molecular weight excluding hydrogens is 248 g/mol. The summed E-state index contributed by atoms with van der Waals surface area (Å²) in [6, 6.07) is 1.42. The van der Waals surface area contributed by atoms with Gasteiger partial charge in [-0.2, -0.15) is 5.26 Å². The molecule has 0 radical (unpaired) electrons. The van der Waals surface area contributed by atoms with E-state index in [9.17, 15) is 9.59 Å². The molecule has 0 atom stereocenters. The molecule has 1 aromatic heterocycles. The van der Waals surface area contributed by atoms with Gasteiger partial charge < -0.3 is 5.32 Å². The summed E-state index contributed by atoms with van der Waals surface area (Å²) in [6.45, 7) is -0.146. The number of urea groups is 1. The Kier molecular flexibility index (Phi) is 4.07. The van der Waals surface area contributed by atoms with Gasteiger partial charge >= 0.3 is 6.03 Å². The fraction of sp³-hybridized carbons (Fsp3) is 0.545. The van der Waals surface area contributed by atoms with E-state index in [2.05, 4.69) is 20.7 Å². The lowest BCUT2D eigenvalue weighted by atomic mass is 10.2. The highest BCUT2D eigenvalue weighted by atomic mass is 16.2. The molecule has 19 heavy (non-hydrogen) atoms. The number of carbonyl (C=O) groups is 2. The van der Waals surface area contributed by atoms with Crippen molar-refractivity contribution < 1.29 is 9.59 Å². The number of aromatic nitrogens is 3. The van der Waals surface area contributed by atoms with Crippen molar-refractivity contribution in [2.45, 2.75) is 38.3 Å². The fourth-order valence-electron chi connectivity index (χ4n) is 2.03. The molecule has 0 spiro atoms. The third kappa shape index (κ3) is 3.77. The molecule has 3 amide bonds. The van der Waals surface area contributed by atoms with Crippen molar-refractivity contribution in [3.05, 3.63) is 12.2 Å². The Balaban J connectivity index is 1.77. The third-order valence-electron chi connectivity index (χ3n) is 2.89. The highest BCUT2D eigenvalue weighted by Gasteiger charge is 2.18. The number of imide groups is 1. The average Bonchev–Trinajstić information content (AvgIpc) is 3.00. The second-order valence-corrected chi connectivity index (χ2v) is 4.38. The van der Waals surface area contributed by atoms with E-state index in [1.807, 2.05) is 0 Å². The van der Waals surface area contributed by atoms with E-state index in [1.165, 1.54) is 11.0 Å². The van der Waals surface area contributed by atoms with Crippen LogP contribution in [0.1, 0.15) is 31.5 Å². The molecule has 1 aliphatic carbocycles. The van der Waals surface area contributed by atoms with Crippen molar-refractivity contribution in [2.24, 2.45) is 0 Å². The SMILES string of the molecule is N#Cc1ncn(CC(=O)NC(=O)NC2CCCC2)n1. The lowest BCUT2D eigenvalue weighted by Crippen LogP contribution is -2.44. The number of nitriles is 1. The minimum absolute atomic E-state index is 0.0109. The molecule has 0 unspecified atom stereocenters. The Morgan fingerprint density at radius 1 is 1.47 bits per heavy atom. The molecule has 2 N–H and O–H groups in total. The summed E-state index contributed by atoms with van der Waals surface area (Å²) in [5.74, 6) is -0.506. The maximum atomic E-state index is 11.6. The van der Waals surface area contributed by atoms with Gasteiger partial charge in [-0.3, -0.25) is 10.1 Å². The quantitative estimate of drug-likeness (QED) is 0.791. The van der Waals surface area contributed by atoms with Crippen LogP contribution < -0.4 is 10.6 Å². The van der Waals surface area contributed by atoms with E-state index < -0.39 is 11.9 Å². The van der Waals surface area contributed by atoms with Gasteiger partial charge in [0.1, 0.15) is 18.9 Å². The van der Waals surface area contributed by atoms with Crippen LogP contribution in [0.4, 0.5) is 4.79 Å². The first kappa shape index (κ1) is 13.0. The zero-order valence-electron chi connectivity index (χ0n) is 10.3. The van der Waals surface area contributed by atoms with Gasteiger partial charge in [-0.05, 0) is 12.8 Å². The molecule has 0 bridgehead atoms. The Morgan fingerprint density at radius 3 is 2.84 bits per heavy atom. The molecule has 1 saturated carbocycles. The van der Waals surface area contributed by atoms with Gasteiger partial charge in [0.25, 0.3) is 5.82 Å². The summed E-state index contributed by atoms with van der Waals surface area (Å²) in [5.41, 5.74) is 0. The molecule has 8 heteroatoms. The van der Waals surface area contributed by atoms with E-state index in [1.54, 1.807) is 6.07 Å². The molecule has 1 heterocycles. The maximum Gasteiger partial charge on any atom is 0.321 e. The Bertz CT molecular complexity index is 512. The molecule has 0 aromatic carbocycles. The molecular formula is C11H14N6O2. The summed E-state index contributed by atoms with van der Waals surface area (Å²) in [6.07, 6.45) is 5.39. The number of carbonyl (C=O) groups excluding carboxylic acids is 2. The van der Waals surface area contributed by atoms with E-state index in [4.69, 9.17) is 5.26 Å². The van der Waals surface area contributed by atoms with Gasteiger partial charge in [-0.15, -0.1) is 5.10 Å². The van der Waals surface area contributed by atoms with Crippen molar-refractivity contribution >= 4 is 11.9 Å². The van der Waals surface area contributed by atoms with Crippen LogP contribution in [0.15, 0.2) is 6.33 Å². The number of nitrogens with one attached hydrogen (secondary N) is 2. The Labute approximate surface area is 109 Å². The van der Waals surface area contributed by atoms with Gasteiger partial charge in [-0.1, -0.05) is 12.8 Å². The van der Waals surface area contributed by atoms with Crippen molar-refractivity contribution in [1.29, 1.82) is 5.26 Å². The molecule has 1 aromatic rings. The van der Waals surface area contributed by atoms with Crippen molar-refractivity contribution in [1.82, 2.24) is 25.4 Å². The van der Waals surface area contributed by atoms with Crippen molar-refractivity contribution in [2.75, 3.05) is 0 Å². The number of hydrogen-bond donors (Lipinski definition) is 2. The molecule has 0 saturated heterocycles. The predicted octanol–water partition coefficient (Wildman–Crippen LogP) is -0.0818. The molecule has 1 aliphatic rings. The average molecular weight is 262 g/mol. The van der Waals surface area contributed by atoms with Crippen LogP contribution in [0, 0.1) is 11.3 Å². The molecule has 2 rings (SSSR count). The zero-order chi connectivity index (χ0) is 13.7. The Morgan fingerprint density at radius 2 is 2.21 bits per heavy atom. The fourth-order valence-corrected chi connectivity index (χ4v) is 2.03. The van der Waals surface area contributed by atoms with Crippen molar-refractivity contribution in [3.8, 4) is 6.07 Å². The summed E-state index contributed by atoms with van der Waals surface area (Å²) in [4.78, 5) is 26.7. The standard InChI is InChI=1S/C11H14N6O2/c12-5-9-13-7-17(16-9)6-10(18)15-11(19)14-8-3-1-2-4-8/h7-8H,1-4,6H2,(H2,14,15,18,19). The predicted molar refractivity (Wildman–Crippen MR) is 63.7 cm³/mol. The largest absolute Gasteiger partial charge is 0.335 e. The lowest BCUT2D eigenvalue weighted by Gasteiger charge is -2.11. The number of nitrogens with zero attached hydrogens (tertiary/aromatic N) is 4. The summed E-state index contributed by atoms with van der Waals surface area (Å²) >= 11 is 0. The maximum absolute atomic E-state index is 11.6. The molecule has 100 valence electrons. The molecule has 8 nitrogen and oxygen atoms in total. The van der Waals surface area contributed by atoms with Crippen LogP contribution in [0.3, 0.4) is 0 Å². The zero-order valence-corrected chi connectivity index (χ0v) is 10.3.